The molecular formula is C13H16F2N2O2. The van der Waals surface area contributed by atoms with Crippen LogP contribution in [0.25, 0.3) is 0 Å². The van der Waals surface area contributed by atoms with Crippen molar-refractivity contribution >= 4 is 11.8 Å². The Labute approximate surface area is 110 Å². The van der Waals surface area contributed by atoms with E-state index < -0.39 is 23.6 Å². The smallest absolute Gasteiger partial charge is 0.242 e. The molecule has 2 amide bonds. The zero-order valence-corrected chi connectivity index (χ0v) is 10.8. The van der Waals surface area contributed by atoms with Gasteiger partial charge in [0.15, 0.2) is 0 Å². The Morgan fingerprint density at radius 2 is 1.84 bits per heavy atom. The quantitative estimate of drug-likeness (QED) is 0.843. The van der Waals surface area contributed by atoms with Gasteiger partial charge in [0.1, 0.15) is 17.7 Å². The van der Waals surface area contributed by atoms with Crippen LogP contribution in [-0.2, 0) is 16.0 Å². The summed E-state index contributed by atoms with van der Waals surface area (Å²) in [6, 6.07) is 2.94. The molecule has 19 heavy (non-hydrogen) atoms. The molecule has 0 aliphatic rings. The van der Waals surface area contributed by atoms with E-state index in [0.717, 1.165) is 0 Å². The fourth-order valence-electron chi connectivity index (χ4n) is 1.61. The molecule has 0 aliphatic carbocycles. The molecular weight excluding hydrogens is 254 g/mol. The Morgan fingerprint density at radius 1 is 1.26 bits per heavy atom. The number of rotatable bonds is 5. The molecule has 1 aromatic carbocycles. The molecule has 0 fully saturated rings. The van der Waals surface area contributed by atoms with Gasteiger partial charge in [0, 0.05) is 19.0 Å². The summed E-state index contributed by atoms with van der Waals surface area (Å²) in [5.41, 5.74) is -0.0602. The van der Waals surface area contributed by atoms with E-state index in [0.29, 0.717) is 0 Å². The first-order valence-corrected chi connectivity index (χ1v) is 5.89. The number of benzene rings is 1. The van der Waals surface area contributed by atoms with Gasteiger partial charge in [-0.15, -0.1) is 0 Å². The van der Waals surface area contributed by atoms with E-state index in [-0.39, 0.29) is 24.4 Å². The van der Waals surface area contributed by atoms with Crippen molar-refractivity contribution in [1.29, 1.82) is 0 Å². The molecule has 4 nitrogen and oxygen atoms in total. The standard InChI is InChI=1S/C13H16F2N2O2/c1-8(17-9(2)18)13(19)16-7-6-10-11(14)4-3-5-12(10)15/h3-5,8H,6-7H2,1-2H3,(H,16,19)(H,17,18). The van der Waals surface area contributed by atoms with Crippen LogP contribution >= 0.6 is 0 Å². The van der Waals surface area contributed by atoms with E-state index in [4.69, 9.17) is 0 Å². The van der Waals surface area contributed by atoms with Crippen molar-refractivity contribution < 1.29 is 18.4 Å². The summed E-state index contributed by atoms with van der Waals surface area (Å²) in [5, 5.41) is 4.92. The highest BCUT2D eigenvalue weighted by molar-refractivity contribution is 5.86. The topological polar surface area (TPSA) is 58.2 Å². The lowest BCUT2D eigenvalue weighted by atomic mass is 10.1. The van der Waals surface area contributed by atoms with Crippen LogP contribution < -0.4 is 10.6 Å². The maximum atomic E-state index is 13.3. The number of carbonyl (C=O) groups excluding carboxylic acids is 2. The summed E-state index contributed by atoms with van der Waals surface area (Å²) in [6.07, 6.45) is 0.0526. The zero-order chi connectivity index (χ0) is 14.4. The van der Waals surface area contributed by atoms with E-state index in [1.807, 2.05) is 0 Å². The highest BCUT2D eigenvalue weighted by Crippen LogP contribution is 2.11. The number of hydrogen-bond acceptors (Lipinski definition) is 2. The Morgan fingerprint density at radius 3 is 2.37 bits per heavy atom. The molecule has 0 bridgehead atoms. The third-order valence-corrected chi connectivity index (χ3v) is 2.55. The molecule has 6 heteroatoms. The predicted octanol–water partition coefficient (Wildman–Crippen LogP) is 1.15. The minimum absolute atomic E-state index is 0.0526. The van der Waals surface area contributed by atoms with Crippen molar-refractivity contribution in [3.8, 4) is 0 Å². The lowest BCUT2D eigenvalue weighted by molar-refractivity contribution is -0.127. The Balaban J connectivity index is 2.46. The van der Waals surface area contributed by atoms with Gasteiger partial charge in [-0.1, -0.05) is 6.07 Å². The third-order valence-electron chi connectivity index (χ3n) is 2.55. The Bertz CT molecular complexity index is 457. The van der Waals surface area contributed by atoms with Gasteiger partial charge in [0.05, 0.1) is 0 Å². The van der Waals surface area contributed by atoms with E-state index in [1.54, 1.807) is 0 Å². The SMILES string of the molecule is CC(=O)NC(C)C(=O)NCCc1c(F)cccc1F. The van der Waals surface area contributed by atoms with Crippen LogP contribution in [0.1, 0.15) is 19.4 Å². The molecule has 0 aliphatic heterocycles. The fraction of sp³-hybridized carbons (Fsp3) is 0.385. The van der Waals surface area contributed by atoms with E-state index in [9.17, 15) is 18.4 Å². The monoisotopic (exact) mass is 270 g/mol. The maximum Gasteiger partial charge on any atom is 0.242 e. The molecule has 0 aromatic heterocycles. The predicted molar refractivity (Wildman–Crippen MR) is 66.4 cm³/mol. The normalized spacial score (nSPS) is 11.8. The number of nitrogens with one attached hydrogen (secondary N) is 2. The van der Waals surface area contributed by atoms with Gasteiger partial charge in [-0.25, -0.2) is 8.78 Å². The second kappa shape index (κ2) is 6.82. The van der Waals surface area contributed by atoms with Gasteiger partial charge in [0.25, 0.3) is 0 Å². The lowest BCUT2D eigenvalue weighted by Gasteiger charge is -2.13. The highest BCUT2D eigenvalue weighted by atomic mass is 19.1. The number of carbonyl (C=O) groups is 2. The van der Waals surface area contributed by atoms with Gasteiger partial charge in [-0.2, -0.15) is 0 Å². The van der Waals surface area contributed by atoms with Crippen molar-refractivity contribution in [3.05, 3.63) is 35.4 Å². The summed E-state index contributed by atoms with van der Waals surface area (Å²) < 4.78 is 26.6. The van der Waals surface area contributed by atoms with Crippen LogP contribution in [0.2, 0.25) is 0 Å². The summed E-state index contributed by atoms with van der Waals surface area (Å²) in [4.78, 5) is 22.3. The van der Waals surface area contributed by atoms with E-state index >= 15 is 0 Å². The highest BCUT2D eigenvalue weighted by Gasteiger charge is 2.14. The van der Waals surface area contributed by atoms with Crippen LogP contribution in [0.15, 0.2) is 18.2 Å². The average Bonchev–Trinajstić information content (AvgIpc) is 2.31. The molecule has 104 valence electrons. The molecule has 1 aromatic rings. The summed E-state index contributed by atoms with van der Waals surface area (Å²) in [7, 11) is 0. The van der Waals surface area contributed by atoms with E-state index in [2.05, 4.69) is 10.6 Å². The van der Waals surface area contributed by atoms with Gasteiger partial charge in [-0.3, -0.25) is 9.59 Å². The van der Waals surface area contributed by atoms with Crippen molar-refractivity contribution in [2.45, 2.75) is 26.3 Å². The first kappa shape index (κ1) is 15.1. The van der Waals surface area contributed by atoms with Crippen molar-refractivity contribution in [3.63, 3.8) is 0 Å². The Hall–Kier alpha value is -1.98. The molecule has 2 N–H and O–H groups in total. The second-order valence-corrected chi connectivity index (χ2v) is 4.16. The van der Waals surface area contributed by atoms with Crippen LogP contribution in [-0.4, -0.2) is 24.4 Å². The van der Waals surface area contributed by atoms with Gasteiger partial charge in [-0.05, 0) is 25.5 Å². The number of amides is 2. The van der Waals surface area contributed by atoms with Crippen LogP contribution in [0.5, 0.6) is 0 Å². The second-order valence-electron chi connectivity index (χ2n) is 4.16. The van der Waals surface area contributed by atoms with Crippen LogP contribution in [0.4, 0.5) is 8.78 Å². The van der Waals surface area contributed by atoms with Crippen molar-refractivity contribution in [1.82, 2.24) is 10.6 Å². The number of hydrogen-bond donors (Lipinski definition) is 2. The molecule has 0 saturated carbocycles. The van der Waals surface area contributed by atoms with Gasteiger partial charge < -0.3 is 10.6 Å². The minimum Gasteiger partial charge on any atom is -0.354 e. The first-order chi connectivity index (χ1) is 8.91. The van der Waals surface area contributed by atoms with Gasteiger partial charge in [0.2, 0.25) is 11.8 Å². The molecule has 1 atom stereocenters. The lowest BCUT2D eigenvalue weighted by Crippen LogP contribution is -2.44. The molecule has 0 spiro atoms. The van der Waals surface area contributed by atoms with E-state index in [1.165, 1.54) is 32.0 Å². The summed E-state index contributed by atoms with van der Waals surface area (Å²) in [5.74, 6) is -1.98. The maximum absolute atomic E-state index is 13.3. The molecule has 0 radical (unpaired) electrons. The molecule has 0 saturated heterocycles. The summed E-state index contributed by atoms with van der Waals surface area (Å²) in [6.45, 7) is 2.93. The zero-order valence-electron chi connectivity index (χ0n) is 10.8. The summed E-state index contributed by atoms with van der Waals surface area (Å²) >= 11 is 0. The fourth-order valence-corrected chi connectivity index (χ4v) is 1.61. The van der Waals surface area contributed by atoms with Crippen molar-refractivity contribution in [2.75, 3.05) is 6.54 Å². The van der Waals surface area contributed by atoms with Crippen LogP contribution in [0.3, 0.4) is 0 Å². The largest absolute Gasteiger partial charge is 0.354 e. The van der Waals surface area contributed by atoms with Crippen LogP contribution in [0, 0.1) is 11.6 Å². The third kappa shape index (κ3) is 4.65. The average molecular weight is 270 g/mol. The number of halogens is 2. The minimum atomic E-state index is -0.678. The molecule has 1 rings (SSSR count). The first-order valence-electron chi connectivity index (χ1n) is 5.89. The molecule has 1 unspecified atom stereocenters. The Kier molecular flexibility index (Phi) is 5.41. The van der Waals surface area contributed by atoms with Gasteiger partial charge >= 0.3 is 0 Å². The van der Waals surface area contributed by atoms with Crippen molar-refractivity contribution in [2.24, 2.45) is 0 Å². The molecule has 0 heterocycles.